The van der Waals surface area contributed by atoms with Gasteiger partial charge in [0.15, 0.2) is 0 Å². The molecule has 8 nitrogen and oxygen atoms in total. The third-order valence-electron chi connectivity index (χ3n) is 4.33. The van der Waals surface area contributed by atoms with E-state index in [1.807, 2.05) is 47.8 Å². The number of amides is 1. The Balaban J connectivity index is 1.98. The van der Waals surface area contributed by atoms with E-state index >= 15 is 0 Å². The maximum absolute atomic E-state index is 12.2. The monoisotopic (exact) mass is 353 g/mol. The molecule has 3 rings (SSSR count). The van der Waals surface area contributed by atoms with Gasteiger partial charge in [-0.25, -0.2) is 4.98 Å². The minimum atomic E-state index is -0.512. The quantitative estimate of drug-likeness (QED) is 0.562. The number of benzene rings is 2. The molecule has 0 atom stereocenters. The van der Waals surface area contributed by atoms with Crippen LogP contribution in [0, 0.1) is 10.1 Å². The van der Waals surface area contributed by atoms with Crippen LogP contribution in [-0.4, -0.2) is 34.5 Å². The Bertz CT molecular complexity index is 996. The molecule has 0 bridgehead atoms. The molecule has 0 radical (unpaired) electrons. The first-order valence-electron chi connectivity index (χ1n) is 8.04. The lowest BCUT2D eigenvalue weighted by Crippen LogP contribution is -2.25. The molecule has 0 saturated heterocycles. The molecule has 1 heterocycles. The van der Waals surface area contributed by atoms with Gasteiger partial charge in [0.1, 0.15) is 5.82 Å². The molecule has 0 aliphatic heterocycles. The van der Waals surface area contributed by atoms with Gasteiger partial charge in [0.2, 0.25) is 0 Å². The van der Waals surface area contributed by atoms with Gasteiger partial charge in [-0.2, -0.15) is 0 Å². The van der Waals surface area contributed by atoms with Gasteiger partial charge in [0, 0.05) is 33.3 Å². The molecular weight excluding hydrogens is 334 g/mol. The number of fused-ring (bicyclic) bond motifs is 1. The average Bonchev–Trinajstić information content (AvgIpc) is 2.96. The van der Waals surface area contributed by atoms with Crippen LogP contribution in [0.25, 0.3) is 11.0 Å². The first kappa shape index (κ1) is 17.4. The van der Waals surface area contributed by atoms with Gasteiger partial charge >= 0.3 is 0 Å². The van der Waals surface area contributed by atoms with Gasteiger partial charge in [-0.1, -0.05) is 12.1 Å². The topological polar surface area (TPSA) is 93.3 Å². The second kappa shape index (κ2) is 6.83. The maximum atomic E-state index is 12.2. The molecule has 134 valence electrons. The van der Waals surface area contributed by atoms with E-state index < -0.39 is 4.92 Å². The summed E-state index contributed by atoms with van der Waals surface area (Å²) in [5, 5.41) is 13.6. The molecule has 0 aliphatic rings. The van der Waals surface area contributed by atoms with Crippen molar-refractivity contribution in [3.8, 4) is 0 Å². The van der Waals surface area contributed by atoms with E-state index in [0.29, 0.717) is 12.2 Å². The van der Waals surface area contributed by atoms with Crippen LogP contribution in [-0.2, 0) is 13.6 Å². The van der Waals surface area contributed by atoms with E-state index in [1.165, 1.54) is 19.2 Å². The normalized spacial score (nSPS) is 10.7. The third-order valence-corrected chi connectivity index (χ3v) is 4.33. The zero-order valence-electron chi connectivity index (χ0n) is 14.8. The van der Waals surface area contributed by atoms with Crippen molar-refractivity contribution in [1.29, 1.82) is 0 Å². The largest absolute Gasteiger partial charge is 0.366 e. The molecule has 0 unspecified atom stereocenters. The van der Waals surface area contributed by atoms with Crippen LogP contribution >= 0.6 is 0 Å². The number of carbonyl (C=O) groups is 1. The summed E-state index contributed by atoms with van der Waals surface area (Å²) in [6, 6.07) is 12.1. The van der Waals surface area contributed by atoms with E-state index in [4.69, 9.17) is 0 Å². The Kier molecular flexibility index (Phi) is 4.57. The smallest absolute Gasteiger partial charge is 0.270 e. The van der Waals surface area contributed by atoms with Crippen molar-refractivity contribution in [3.05, 3.63) is 64.0 Å². The molecule has 0 fully saturated rings. The van der Waals surface area contributed by atoms with Gasteiger partial charge in [0.05, 0.1) is 33.8 Å². The van der Waals surface area contributed by atoms with Crippen LogP contribution in [0.1, 0.15) is 16.2 Å². The minimum Gasteiger partial charge on any atom is -0.366 e. The van der Waals surface area contributed by atoms with E-state index in [2.05, 4.69) is 10.3 Å². The molecule has 26 heavy (non-hydrogen) atoms. The lowest BCUT2D eigenvalue weighted by Gasteiger charge is -2.21. The summed E-state index contributed by atoms with van der Waals surface area (Å²) in [5.41, 5.74) is 2.65. The summed E-state index contributed by atoms with van der Waals surface area (Å²) in [5.74, 6) is 0.454. The number of nitrogens with one attached hydrogen (secondary N) is 1. The van der Waals surface area contributed by atoms with Gasteiger partial charge in [-0.15, -0.1) is 0 Å². The molecule has 0 aliphatic carbocycles. The number of nitro groups is 1. The van der Waals surface area contributed by atoms with E-state index in [0.717, 1.165) is 16.9 Å². The van der Waals surface area contributed by atoms with Crippen molar-refractivity contribution >= 4 is 28.3 Å². The Labute approximate surface area is 150 Å². The molecular formula is C18H19N5O3. The van der Waals surface area contributed by atoms with Gasteiger partial charge < -0.3 is 14.8 Å². The number of nitrogens with zero attached hydrogens (tertiary/aromatic N) is 4. The van der Waals surface area contributed by atoms with Crippen molar-refractivity contribution in [2.24, 2.45) is 7.05 Å². The first-order chi connectivity index (χ1) is 12.4. The lowest BCUT2D eigenvalue weighted by atomic mass is 10.1. The molecule has 0 spiro atoms. The number of hydrogen-bond acceptors (Lipinski definition) is 5. The molecule has 8 heteroatoms. The fraction of sp³-hybridized carbons (Fsp3) is 0.222. The third kappa shape index (κ3) is 3.08. The number of anilines is 1. The molecule has 0 saturated carbocycles. The molecule has 2 aromatic carbocycles. The van der Waals surface area contributed by atoms with Crippen LogP contribution < -0.4 is 10.2 Å². The van der Waals surface area contributed by atoms with E-state index in [-0.39, 0.29) is 17.2 Å². The molecule has 1 aromatic heterocycles. The number of aromatic nitrogens is 2. The number of non-ortho nitro benzene ring substituents is 1. The lowest BCUT2D eigenvalue weighted by molar-refractivity contribution is -0.384. The minimum absolute atomic E-state index is 0.122. The number of nitro benzene ring substituents is 1. The highest BCUT2D eigenvalue weighted by Gasteiger charge is 2.19. The van der Waals surface area contributed by atoms with E-state index in [1.54, 1.807) is 6.07 Å². The van der Waals surface area contributed by atoms with Gasteiger partial charge in [-0.05, 0) is 18.2 Å². The Hall–Kier alpha value is -3.42. The number of carbonyl (C=O) groups excluding carboxylic acids is 1. The number of para-hydroxylation sites is 2. The SMILES string of the molecule is CNC(=O)c1cc([N+](=O)[O-])ccc1N(C)Cc1nc2ccccc2n1C. The number of rotatable bonds is 5. The first-order valence-corrected chi connectivity index (χ1v) is 8.04. The highest BCUT2D eigenvalue weighted by atomic mass is 16.6. The highest BCUT2D eigenvalue weighted by molar-refractivity contribution is 6.00. The van der Waals surface area contributed by atoms with E-state index in [9.17, 15) is 14.9 Å². The summed E-state index contributed by atoms with van der Waals surface area (Å²) < 4.78 is 2.00. The second-order valence-electron chi connectivity index (χ2n) is 5.97. The zero-order chi connectivity index (χ0) is 18.8. The second-order valence-corrected chi connectivity index (χ2v) is 5.97. The summed E-state index contributed by atoms with van der Waals surface area (Å²) in [6.07, 6.45) is 0. The van der Waals surface area contributed by atoms with Crippen LogP contribution in [0.5, 0.6) is 0 Å². The predicted octanol–water partition coefficient (Wildman–Crippen LogP) is 2.48. The maximum Gasteiger partial charge on any atom is 0.270 e. The van der Waals surface area contributed by atoms with Crippen molar-refractivity contribution in [1.82, 2.24) is 14.9 Å². The van der Waals surface area contributed by atoms with Crippen molar-refractivity contribution in [2.45, 2.75) is 6.54 Å². The van der Waals surface area contributed by atoms with Crippen molar-refractivity contribution in [3.63, 3.8) is 0 Å². The molecule has 3 aromatic rings. The van der Waals surface area contributed by atoms with Crippen LogP contribution in [0.15, 0.2) is 42.5 Å². The Morgan fingerprint density at radius 3 is 2.69 bits per heavy atom. The Morgan fingerprint density at radius 1 is 1.31 bits per heavy atom. The highest BCUT2D eigenvalue weighted by Crippen LogP contribution is 2.26. The predicted molar refractivity (Wildman–Crippen MR) is 99.3 cm³/mol. The summed E-state index contributed by atoms with van der Waals surface area (Å²) in [6.45, 7) is 0.451. The van der Waals surface area contributed by atoms with Crippen LogP contribution in [0.4, 0.5) is 11.4 Å². The summed E-state index contributed by atoms with van der Waals surface area (Å²) >= 11 is 0. The summed E-state index contributed by atoms with van der Waals surface area (Å²) in [4.78, 5) is 29.2. The molecule has 1 N–H and O–H groups in total. The van der Waals surface area contributed by atoms with Crippen molar-refractivity contribution in [2.75, 3.05) is 19.0 Å². The number of imidazole rings is 1. The average molecular weight is 353 g/mol. The standard InChI is InChI=1S/C18H19N5O3/c1-19-18(24)13-10-12(23(25)26)8-9-15(13)21(2)11-17-20-14-6-4-5-7-16(14)22(17)3/h4-10H,11H2,1-3H3,(H,19,24). The van der Waals surface area contributed by atoms with Gasteiger partial charge in [0.25, 0.3) is 11.6 Å². The van der Waals surface area contributed by atoms with Crippen LogP contribution in [0.3, 0.4) is 0 Å². The molecule has 1 amide bonds. The fourth-order valence-electron chi connectivity index (χ4n) is 2.92. The number of hydrogen-bond donors (Lipinski definition) is 1. The zero-order valence-corrected chi connectivity index (χ0v) is 14.8. The fourth-order valence-corrected chi connectivity index (χ4v) is 2.92. The van der Waals surface area contributed by atoms with Crippen molar-refractivity contribution < 1.29 is 9.72 Å². The number of aryl methyl sites for hydroxylation is 1. The van der Waals surface area contributed by atoms with Crippen LogP contribution in [0.2, 0.25) is 0 Å². The Morgan fingerprint density at radius 2 is 2.04 bits per heavy atom. The van der Waals surface area contributed by atoms with Gasteiger partial charge in [-0.3, -0.25) is 14.9 Å². The summed E-state index contributed by atoms with van der Waals surface area (Å²) in [7, 11) is 5.26.